The summed E-state index contributed by atoms with van der Waals surface area (Å²) in [6, 6.07) is 7.65. The van der Waals surface area contributed by atoms with Crippen LogP contribution in [0, 0.1) is 13.8 Å². The van der Waals surface area contributed by atoms with E-state index in [4.69, 9.17) is 15.2 Å². The molecule has 2 rings (SSSR count). The molecule has 2 N–H and O–H groups in total. The maximum absolute atomic E-state index is 12.2. The van der Waals surface area contributed by atoms with Crippen LogP contribution in [0.15, 0.2) is 24.3 Å². The van der Waals surface area contributed by atoms with Gasteiger partial charge < -0.3 is 15.2 Å². The second-order valence-corrected chi connectivity index (χ2v) is 5.22. The van der Waals surface area contributed by atoms with Crippen LogP contribution < -0.4 is 10.5 Å². The van der Waals surface area contributed by atoms with Crippen LogP contribution in [-0.2, 0) is 4.74 Å². The third-order valence-electron chi connectivity index (χ3n) is 3.30. The molecule has 0 saturated heterocycles. The van der Waals surface area contributed by atoms with Gasteiger partial charge in [-0.05, 0) is 45.4 Å². The van der Waals surface area contributed by atoms with Gasteiger partial charge in [-0.3, -0.25) is 0 Å². The van der Waals surface area contributed by atoms with Gasteiger partial charge in [-0.25, -0.2) is 14.8 Å². The minimum Gasteiger partial charge on any atom is -0.484 e. The van der Waals surface area contributed by atoms with Gasteiger partial charge in [-0.1, -0.05) is 12.1 Å². The van der Waals surface area contributed by atoms with Crippen molar-refractivity contribution in [3.63, 3.8) is 0 Å². The summed E-state index contributed by atoms with van der Waals surface area (Å²) in [6.45, 7) is 7.51. The lowest BCUT2D eigenvalue weighted by Crippen LogP contribution is -2.18. The number of carbonyl (C=O) groups excluding carboxylic acids is 1. The number of anilines is 1. The molecule has 0 aliphatic heterocycles. The number of nitrogens with zero attached hydrogens (tertiary/aromatic N) is 2. The van der Waals surface area contributed by atoms with Gasteiger partial charge >= 0.3 is 5.97 Å². The number of benzene rings is 1. The molecule has 0 aliphatic rings. The van der Waals surface area contributed by atoms with Crippen molar-refractivity contribution in [3.8, 4) is 5.75 Å². The molecule has 0 radical (unpaired) electrons. The summed E-state index contributed by atoms with van der Waals surface area (Å²) < 4.78 is 11.0. The third-order valence-corrected chi connectivity index (χ3v) is 3.30. The van der Waals surface area contributed by atoms with E-state index in [0.29, 0.717) is 22.7 Å². The molecule has 122 valence electrons. The molecule has 0 fully saturated rings. The highest BCUT2D eigenvalue weighted by atomic mass is 16.5. The molecule has 1 heterocycles. The Balaban J connectivity index is 2.38. The lowest BCUT2D eigenvalue weighted by molar-refractivity contribution is 0.0518. The first-order valence-corrected chi connectivity index (χ1v) is 7.46. The molecule has 0 aliphatic carbocycles. The summed E-state index contributed by atoms with van der Waals surface area (Å²) in [5.41, 5.74) is 8.02. The van der Waals surface area contributed by atoms with Gasteiger partial charge in [0.05, 0.1) is 12.3 Å². The number of carbonyl (C=O) groups is 1. The summed E-state index contributed by atoms with van der Waals surface area (Å²) in [4.78, 5) is 20.5. The Morgan fingerprint density at radius 2 is 2.04 bits per heavy atom. The first kappa shape index (κ1) is 16.7. The van der Waals surface area contributed by atoms with Gasteiger partial charge in [0.1, 0.15) is 23.1 Å². The SMILES string of the molecule is CCOC(=O)c1c(C)nc(N)nc1C(C)Oc1cccc(C)c1. The van der Waals surface area contributed by atoms with E-state index in [-0.39, 0.29) is 12.6 Å². The number of ether oxygens (including phenoxy) is 2. The predicted molar refractivity (Wildman–Crippen MR) is 87.4 cm³/mol. The van der Waals surface area contributed by atoms with Crippen molar-refractivity contribution in [2.75, 3.05) is 12.3 Å². The van der Waals surface area contributed by atoms with Crippen molar-refractivity contribution in [1.82, 2.24) is 9.97 Å². The zero-order chi connectivity index (χ0) is 17.0. The van der Waals surface area contributed by atoms with Crippen LogP contribution in [0.25, 0.3) is 0 Å². The molecule has 0 spiro atoms. The average molecular weight is 315 g/mol. The fraction of sp³-hybridized carbons (Fsp3) is 0.353. The van der Waals surface area contributed by atoms with E-state index in [0.717, 1.165) is 5.56 Å². The quantitative estimate of drug-likeness (QED) is 0.853. The molecule has 1 aromatic heterocycles. The van der Waals surface area contributed by atoms with Crippen LogP contribution >= 0.6 is 0 Å². The van der Waals surface area contributed by atoms with Crippen LogP contribution in [0.5, 0.6) is 5.75 Å². The Bertz CT molecular complexity index is 716. The molecule has 1 unspecified atom stereocenters. The molecular formula is C17H21N3O3. The molecule has 6 nitrogen and oxygen atoms in total. The van der Waals surface area contributed by atoms with E-state index in [1.807, 2.05) is 38.1 Å². The van der Waals surface area contributed by atoms with E-state index in [2.05, 4.69) is 9.97 Å². The molecule has 1 atom stereocenters. The summed E-state index contributed by atoms with van der Waals surface area (Å²) >= 11 is 0. The van der Waals surface area contributed by atoms with Crippen molar-refractivity contribution in [2.45, 2.75) is 33.8 Å². The van der Waals surface area contributed by atoms with Crippen LogP contribution in [0.2, 0.25) is 0 Å². The molecule has 6 heteroatoms. The van der Waals surface area contributed by atoms with Gasteiger partial charge in [-0.2, -0.15) is 0 Å². The molecular weight excluding hydrogens is 294 g/mol. The zero-order valence-corrected chi connectivity index (χ0v) is 13.8. The second-order valence-electron chi connectivity index (χ2n) is 5.22. The van der Waals surface area contributed by atoms with Crippen molar-refractivity contribution < 1.29 is 14.3 Å². The van der Waals surface area contributed by atoms with E-state index in [1.54, 1.807) is 13.8 Å². The fourth-order valence-electron chi connectivity index (χ4n) is 2.32. The van der Waals surface area contributed by atoms with Crippen LogP contribution in [0.1, 0.15) is 47.3 Å². The normalized spacial score (nSPS) is 11.8. The average Bonchev–Trinajstić information content (AvgIpc) is 2.46. The van der Waals surface area contributed by atoms with Crippen LogP contribution in [0.3, 0.4) is 0 Å². The number of aromatic nitrogens is 2. The highest BCUT2D eigenvalue weighted by Gasteiger charge is 2.24. The first-order chi connectivity index (χ1) is 10.9. The second kappa shape index (κ2) is 7.09. The van der Waals surface area contributed by atoms with E-state index in [1.165, 1.54) is 0 Å². The molecule has 0 bridgehead atoms. The highest BCUT2D eigenvalue weighted by molar-refractivity contribution is 5.92. The Morgan fingerprint density at radius 1 is 1.30 bits per heavy atom. The number of nitrogens with two attached hydrogens (primary N) is 1. The van der Waals surface area contributed by atoms with Gasteiger partial charge in [0.25, 0.3) is 0 Å². The highest BCUT2D eigenvalue weighted by Crippen LogP contribution is 2.26. The summed E-state index contributed by atoms with van der Waals surface area (Å²) in [5.74, 6) is 0.326. The van der Waals surface area contributed by atoms with Crippen LogP contribution in [0.4, 0.5) is 5.95 Å². The number of hydrogen-bond acceptors (Lipinski definition) is 6. The predicted octanol–water partition coefficient (Wildman–Crippen LogP) is 2.99. The monoisotopic (exact) mass is 315 g/mol. The Labute approximate surface area is 135 Å². The maximum atomic E-state index is 12.2. The van der Waals surface area contributed by atoms with Gasteiger partial charge in [0.2, 0.25) is 5.95 Å². The smallest absolute Gasteiger partial charge is 0.342 e. The Hall–Kier alpha value is -2.63. The molecule has 23 heavy (non-hydrogen) atoms. The van der Waals surface area contributed by atoms with Crippen molar-refractivity contribution in [1.29, 1.82) is 0 Å². The molecule has 2 aromatic rings. The molecule has 0 saturated carbocycles. The zero-order valence-electron chi connectivity index (χ0n) is 13.8. The van der Waals surface area contributed by atoms with Gasteiger partial charge in [-0.15, -0.1) is 0 Å². The summed E-state index contributed by atoms with van der Waals surface area (Å²) in [5, 5.41) is 0. The largest absolute Gasteiger partial charge is 0.484 e. The Kier molecular flexibility index (Phi) is 5.16. The third kappa shape index (κ3) is 3.97. The number of hydrogen-bond donors (Lipinski definition) is 1. The molecule has 0 amide bonds. The Morgan fingerprint density at radius 3 is 2.70 bits per heavy atom. The lowest BCUT2D eigenvalue weighted by Gasteiger charge is -2.18. The fourth-order valence-corrected chi connectivity index (χ4v) is 2.32. The minimum absolute atomic E-state index is 0.102. The standard InChI is InChI=1S/C17H21N3O3/c1-5-22-16(21)14-11(3)19-17(18)20-15(14)12(4)23-13-8-6-7-10(2)9-13/h6-9,12H,5H2,1-4H3,(H2,18,19,20). The van der Waals surface area contributed by atoms with Crippen molar-refractivity contribution in [2.24, 2.45) is 0 Å². The first-order valence-electron chi connectivity index (χ1n) is 7.46. The maximum Gasteiger partial charge on any atom is 0.342 e. The topological polar surface area (TPSA) is 87.3 Å². The van der Waals surface area contributed by atoms with Gasteiger partial charge in [0.15, 0.2) is 0 Å². The number of nitrogen functional groups attached to an aromatic ring is 1. The van der Waals surface area contributed by atoms with E-state index < -0.39 is 12.1 Å². The summed E-state index contributed by atoms with van der Waals surface area (Å²) in [7, 11) is 0. The minimum atomic E-state index is -0.473. The van der Waals surface area contributed by atoms with E-state index in [9.17, 15) is 4.79 Å². The number of esters is 1. The van der Waals surface area contributed by atoms with Crippen molar-refractivity contribution >= 4 is 11.9 Å². The van der Waals surface area contributed by atoms with Crippen molar-refractivity contribution in [3.05, 3.63) is 46.8 Å². The molecule has 1 aromatic carbocycles. The van der Waals surface area contributed by atoms with E-state index >= 15 is 0 Å². The summed E-state index contributed by atoms with van der Waals surface area (Å²) in [6.07, 6.45) is -0.472. The number of rotatable bonds is 5. The van der Waals surface area contributed by atoms with Gasteiger partial charge in [0, 0.05) is 0 Å². The van der Waals surface area contributed by atoms with Crippen LogP contribution in [-0.4, -0.2) is 22.5 Å². The number of aryl methyl sites for hydroxylation is 2. The lowest BCUT2D eigenvalue weighted by atomic mass is 10.1.